The molecule has 1 N–H and O–H groups in total. The zero-order chi connectivity index (χ0) is 13.2. The normalized spacial score (nSPS) is 24.6. The average molecular weight is 252 g/mol. The van der Waals surface area contributed by atoms with E-state index in [4.69, 9.17) is 0 Å². The summed E-state index contributed by atoms with van der Waals surface area (Å²) in [7, 11) is 0. The maximum Gasteiger partial charge on any atom is 0.323 e. The SMILES string of the molecule is CCCn1ncnc1CN1CCCC1(C)C(=O)O. The van der Waals surface area contributed by atoms with E-state index >= 15 is 0 Å². The number of aliphatic carboxylic acids is 1. The van der Waals surface area contributed by atoms with Gasteiger partial charge in [0.15, 0.2) is 0 Å². The highest BCUT2D eigenvalue weighted by Crippen LogP contribution is 2.30. The second-order valence-corrected chi connectivity index (χ2v) is 5.00. The molecular weight excluding hydrogens is 232 g/mol. The molecule has 2 heterocycles. The number of rotatable bonds is 5. The molecule has 0 spiro atoms. The molecule has 6 nitrogen and oxygen atoms in total. The molecule has 0 amide bonds. The zero-order valence-corrected chi connectivity index (χ0v) is 11.0. The summed E-state index contributed by atoms with van der Waals surface area (Å²) in [6.07, 6.45) is 4.15. The third-order valence-corrected chi connectivity index (χ3v) is 3.71. The van der Waals surface area contributed by atoms with Crippen LogP contribution in [0, 0.1) is 0 Å². The summed E-state index contributed by atoms with van der Waals surface area (Å²) in [5, 5.41) is 13.5. The van der Waals surface area contributed by atoms with Crippen molar-refractivity contribution in [2.45, 2.75) is 51.7 Å². The largest absolute Gasteiger partial charge is 0.480 e. The van der Waals surface area contributed by atoms with E-state index in [1.54, 1.807) is 13.3 Å². The van der Waals surface area contributed by atoms with Gasteiger partial charge in [-0.1, -0.05) is 6.92 Å². The number of hydrogen-bond acceptors (Lipinski definition) is 4. The van der Waals surface area contributed by atoms with Gasteiger partial charge in [-0.2, -0.15) is 5.10 Å². The van der Waals surface area contributed by atoms with Gasteiger partial charge in [-0.05, 0) is 32.7 Å². The van der Waals surface area contributed by atoms with Gasteiger partial charge in [0.2, 0.25) is 0 Å². The number of nitrogens with zero attached hydrogens (tertiary/aromatic N) is 4. The molecule has 1 saturated heterocycles. The second-order valence-electron chi connectivity index (χ2n) is 5.00. The molecule has 2 rings (SSSR count). The Balaban J connectivity index is 2.13. The minimum absolute atomic E-state index is 0.558. The molecule has 0 aliphatic carbocycles. The molecule has 100 valence electrons. The number of carbonyl (C=O) groups is 1. The topological polar surface area (TPSA) is 71.2 Å². The van der Waals surface area contributed by atoms with Crippen LogP contribution < -0.4 is 0 Å². The van der Waals surface area contributed by atoms with Crippen LogP contribution in [0.1, 0.15) is 38.9 Å². The average Bonchev–Trinajstić information content (AvgIpc) is 2.90. The Hall–Kier alpha value is -1.43. The van der Waals surface area contributed by atoms with E-state index in [1.165, 1.54) is 0 Å². The Labute approximate surface area is 107 Å². The van der Waals surface area contributed by atoms with Gasteiger partial charge in [0.05, 0.1) is 6.54 Å². The van der Waals surface area contributed by atoms with Gasteiger partial charge in [-0.25, -0.2) is 9.67 Å². The lowest BCUT2D eigenvalue weighted by atomic mass is 9.99. The first-order valence-electron chi connectivity index (χ1n) is 6.43. The van der Waals surface area contributed by atoms with Crippen molar-refractivity contribution in [2.75, 3.05) is 6.54 Å². The molecule has 0 radical (unpaired) electrons. The number of aromatic nitrogens is 3. The summed E-state index contributed by atoms with van der Waals surface area (Å²) in [6, 6.07) is 0. The van der Waals surface area contributed by atoms with Crippen molar-refractivity contribution in [1.82, 2.24) is 19.7 Å². The molecule has 18 heavy (non-hydrogen) atoms. The van der Waals surface area contributed by atoms with Crippen molar-refractivity contribution in [3.63, 3.8) is 0 Å². The van der Waals surface area contributed by atoms with Gasteiger partial charge in [0.25, 0.3) is 0 Å². The van der Waals surface area contributed by atoms with Crippen LogP contribution in [0.4, 0.5) is 0 Å². The molecule has 1 aromatic heterocycles. The van der Waals surface area contributed by atoms with Crippen LogP contribution in [0.15, 0.2) is 6.33 Å². The maximum absolute atomic E-state index is 11.4. The second kappa shape index (κ2) is 5.06. The Morgan fingerprint density at radius 1 is 1.61 bits per heavy atom. The van der Waals surface area contributed by atoms with E-state index in [2.05, 4.69) is 17.0 Å². The minimum atomic E-state index is -0.761. The number of carboxylic acids is 1. The van der Waals surface area contributed by atoms with Gasteiger partial charge in [0.1, 0.15) is 17.7 Å². The first kappa shape index (κ1) is 13.0. The monoisotopic (exact) mass is 252 g/mol. The quantitative estimate of drug-likeness (QED) is 0.850. The summed E-state index contributed by atoms with van der Waals surface area (Å²) in [5.41, 5.74) is -0.761. The van der Waals surface area contributed by atoms with Crippen molar-refractivity contribution in [3.05, 3.63) is 12.2 Å². The van der Waals surface area contributed by atoms with Crippen molar-refractivity contribution >= 4 is 5.97 Å². The summed E-state index contributed by atoms with van der Waals surface area (Å²) < 4.78 is 1.86. The Kier molecular flexibility index (Phi) is 3.65. The van der Waals surface area contributed by atoms with Gasteiger partial charge < -0.3 is 5.11 Å². The third kappa shape index (κ3) is 2.25. The van der Waals surface area contributed by atoms with E-state index in [9.17, 15) is 9.90 Å². The van der Waals surface area contributed by atoms with Gasteiger partial charge in [-0.15, -0.1) is 0 Å². The number of carboxylic acid groups (broad SMARTS) is 1. The van der Waals surface area contributed by atoms with Crippen molar-refractivity contribution < 1.29 is 9.90 Å². The predicted octanol–water partition coefficient (Wildman–Crippen LogP) is 1.13. The molecule has 1 aliphatic heterocycles. The smallest absolute Gasteiger partial charge is 0.323 e. The van der Waals surface area contributed by atoms with Gasteiger partial charge >= 0.3 is 5.97 Å². The van der Waals surface area contributed by atoms with E-state index < -0.39 is 11.5 Å². The number of hydrogen-bond donors (Lipinski definition) is 1. The van der Waals surface area contributed by atoms with Crippen LogP contribution in [0.5, 0.6) is 0 Å². The molecule has 6 heteroatoms. The van der Waals surface area contributed by atoms with Crippen molar-refractivity contribution in [2.24, 2.45) is 0 Å². The number of likely N-dealkylation sites (tertiary alicyclic amines) is 1. The van der Waals surface area contributed by atoms with E-state index in [-0.39, 0.29) is 0 Å². The van der Waals surface area contributed by atoms with Crippen molar-refractivity contribution in [1.29, 1.82) is 0 Å². The lowest BCUT2D eigenvalue weighted by Gasteiger charge is -2.30. The highest BCUT2D eigenvalue weighted by molar-refractivity contribution is 5.78. The van der Waals surface area contributed by atoms with Gasteiger partial charge in [-0.3, -0.25) is 9.69 Å². The minimum Gasteiger partial charge on any atom is -0.480 e. The third-order valence-electron chi connectivity index (χ3n) is 3.71. The van der Waals surface area contributed by atoms with Crippen LogP contribution >= 0.6 is 0 Å². The van der Waals surface area contributed by atoms with E-state index in [0.29, 0.717) is 13.0 Å². The first-order valence-corrected chi connectivity index (χ1v) is 6.43. The fourth-order valence-corrected chi connectivity index (χ4v) is 2.49. The molecule has 1 fully saturated rings. The van der Waals surface area contributed by atoms with E-state index in [0.717, 1.165) is 31.8 Å². The van der Waals surface area contributed by atoms with Crippen molar-refractivity contribution in [3.8, 4) is 0 Å². The summed E-state index contributed by atoms with van der Waals surface area (Å²) in [6.45, 7) is 6.07. The van der Waals surface area contributed by atoms with Gasteiger partial charge in [0, 0.05) is 6.54 Å². The number of aryl methyl sites for hydroxylation is 1. The first-order chi connectivity index (χ1) is 8.58. The summed E-state index contributed by atoms with van der Waals surface area (Å²) >= 11 is 0. The summed E-state index contributed by atoms with van der Waals surface area (Å²) in [4.78, 5) is 17.6. The molecular formula is C12H20N4O2. The Morgan fingerprint density at radius 2 is 2.39 bits per heavy atom. The molecule has 1 aromatic rings. The lowest BCUT2D eigenvalue weighted by molar-refractivity contribution is -0.149. The highest BCUT2D eigenvalue weighted by atomic mass is 16.4. The fourth-order valence-electron chi connectivity index (χ4n) is 2.49. The molecule has 1 aliphatic rings. The van der Waals surface area contributed by atoms with Crippen LogP contribution in [0.25, 0.3) is 0 Å². The zero-order valence-electron chi connectivity index (χ0n) is 11.0. The van der Waals surface area contributed by atoms with E-state index in [1.807, 2.05) is 9.58 Å². The molecule has 0 bridgehead atoms. The Morgan fingerprint density at radius 3 is 3.06 bits per heavy atom. The molecule has 0 aromatic carbocycles. The maximum atomic E-state index is 11.4. The molecule has 1 atom stereocenters. The summed E-state index contributed by atoms with van der Waals surface area (Å²) in [5.74, 6) is 0.104. The van der Waals surface area contributed by atoms with Crippen LogP contribution in [-0.2, 0) is 17.9 Å². The molecule has 1 unspecified atom stereocenters. The highest BCUT2D eigenvalue weighted by Gasteiger charge is 2.43. The fraction of sp³-hybridized carbons (Fsp3) is 0.750. The molecule has 0 saturated carbocycles. The van der Waals surface area contributed by atoms with Crippen LogP contribution in [0.2, 0.25) is 0 Å². The lowest BCUT2D eigenvalue weighted by Crippen LogP contribution is -2.47. The Bertz CT molecular complexity index is 431. The van der Waals surface area contributed by atoms with Crippen LogP contribution in [0.3, 0.4) is 0 Å². The predicted molar refractivity (Wildman–Crippen MR) is 66.0 cm³/mol. The van der Waals surface area contributed by atoms with Crippen LogP contribution in [-0.4, -0.2) is 42.8 Å². The standard InChI is InChI=1S/C12H20N4O2/c1-3-6-16-10(13-9-14-16)8-15-7-4-5-12(15,2)11(17)18/h9H,3-8H2,1-2H3,(H,17,18).